The average Bonchev–Trinajstić information content (AvgIpc) is 3.18. The van der Waals surface area contributed by atoms with Crippen molar-refractivity contribution in [2.45, 2.75) is 32.7 Å². The molecule has 1 atom stereocenters. The molecule has 1 aromatic carbocycles. The zero-order chi connectivity index (χ0) is 22.5. The lowest BCUT2D eigenvalue weighted by Crippen LogP contribution is -2.38. The van der Waals surface area contributed by atoms with E-state index >= 15 is 0 Å². The number of benzene rings is 1. The molecule has 2 heterocycles. The molecule has 8 nitrogen and oxygen atoms in total. The van der Waals surface area contributed by atoms with Crippen LogP contribution in [-0.4, -0.2) is 49.8 Å². The van der Waals surface area contributed by atoms with Gasteiger partial charge < -0.3 is 24.4 Å². The molecule has 0 saturated heterocycles. The number of amidine groups is 1. The first kappa shape index (κ1) is 22.7. The fourth-order valence-corrected chi connectivity index (χ4v) is 4.70. The molecule has 0 bridgehead atoms. The Morgan fingerprint density at radius 3 is 2.58 bits per heavy atom. The molecular weight excluding hydrogens is 418 g/mol. The Morgan fingerprint density at radius 1 is 1.19 bits per heavy atom. The van der Waals surface area contributed by atoms with E-state index in [1.165, 1.54) is 18.9 Å². The van der Waals surface area contributed by atoms with Crippen LogP contribution in [0, 0.1) is 0 Å². The number of amides is 1. The third-order valence-electron chi connectivity index (χ3n) is 5.07. The third kappa shape index (κ3) is 4.27. The zero-order valence-corrected chi connectivity index (χ0v) is 19.2. The first-order chi connectivity index (χ1) is 15.0. The number of fused-ring (bicyclic) bond motifs is 1. The SMILES string of the molecule is CCNC(=O)CC1=CSC2=NC(CC)=C(C(=O)OC)[C@@H](c3cccc(OC)c3OC)N12. The van der Waals surface area contributed by atoms with Crippen molar-refractivity contribution in [3.05, 3.63) is 46.1 Å². The van der Waals surface area contributed by atoms with Crippen molar-refractivity contribution >= 4 is 28.8 Å². The summed E-state index contributed by atoms with van der Waals surface area (Å²) in [5.74, 6) is 0.496. The van der Waals surface area contributed by atoms with Gasteiger partial charge in [0.25, 0.3) is 0 Å². The molecule has 0 radical (unpaired) electrons. The molecule has 0 aromatic heterocycles. The highest BCUT2D eigenvalue weighted by Gasteiger charge is 2.43. The molecule has 1 aromatic rings. The molecule has 31 heavy (non-hydrogen) atoms. The van der Waals surface area contributed by atoms with Gasteiger partial charge in [-0.2, -0.15) is 0 Å². The molecule has 0 spiro atoms. The second kappa shape index (κ2) is 9.91. The van der Waals surface area contributed by atoms with Crippen LogP contribution in [0.3, 0.4) is 0 Å². The molecule has 2 aliphatic heterocycles. The molecule has 0 saturated carbocycles. The summed E-state index contributed by atoms with van der Waals surface area (Å²) in [6.45, 7) is 4.36. The van der Waals surface area contributed by atoms with Gasteiger partial charge in [-0.1, -0.05) is 30.8 Å². The number of rotatable bonds is 8. The molecule has 1 amide bonds. The number of nitrogens with zero attached hydrogens (tertiary/aromatic N) is 2. The molecule has 0 aliphatic carbocycles. The Bertz CT molecular complexity index is 970. The molecule has 0 fully saturated rings. The van der Waals surface area contributed by atoms with Crippen LogP contribution in [0.4, 0.5) is 0 Å². The van der Waals surface area contributed by atoms with Crippen LogP contribution in [0.5, 0.6) is 11.5 Å². The maximum absolute atomic E-state index is 12.9. The van der Waals surface area contributed by atoms with Crippen LogP contribution in [0.25, 0.3) is 0 Å². The predicted octanol–water partition coefficient (Wildman–Crippen LogP) is 3.37. The number of hydrogen-bond acceptors (Lipinski definition) is 8. The van der Waals surface area contributed by atoms with E-state index in [0.717, 1.165) is 11.3 Å². The normalized spacial score (nSPS) is 17.6. The molecule has 2 aliphatic rings. The van der Waals surface area contributed by atoms with E-state index in [4.69, 9.17) is 19.2 Å². The van der Waals surface area contributed by atoms with E-state index in [1.54, 1.807) is 20.3 Å². The Kier molecular flexibility index (Phi) is 7.27. The lowest BCUT2D eigenvalue weighted by molar-refractivity contribution is -0.136. The smallest absolute Gasteiger partial charge is 0.338 e. The number of thioether (sulfide) groups is 1. The first-order valence-electron chi connectivity index (χ1n) is 10.0. The minimum Gasteiger partial charge on any atom is -0.493 e. The second-order valence-corrected chi connectivity index (χ2v) is 7.65. The predicted molar refractivity (Wildman–Crippen MR) is 120 cm³/mol. The van der Waals surface area contributed by atoms with Crippen LogP contribution in [-0.2, 0) is 14.3 Å². The summed E-state index contributed by atoms with van der Waals surface area (Å²) in [5, 5.41) is 5.44. The molecule has 166 valence electrons. The third-order valence-corrected chi connectivity index (χ3v) is 5.96. The van der Waals surface area contributed by atoms with Crippen molar-refractivity contribution in [2.75, 3.05) is 27.9 Å². The van der Waals surface area contributed by atoms with Gasteiger partial charge in [-0.25, -0.2) is 9.79 Å². The Hall–Kier alpha value is -2.94. The van der Waals surface area contributed by atoms with Gasteiger partial charge in [0.2, 0.25) is 5.91 Å². The number of carbonyl (C=O) groups excluding carboxylic acids is 2. The maximum atomic E-state index is 12.9. The lowest BCUT2D eigenvalue weighted by atomic mass is 9.92. The fourth-order valence-electron chi connectivity index (χ4n) is 3.76. The highest BCUT2D eigenvalue weighted by atomic mass is 32.2. The number of ether oxygens (including phenoxy) is 3. The van der Waals surface area contributed by atoms with Crippen molar-refractivity contribution in [3.63, 3.8) is 0 Å². The van der Waals surface area contributed by atoms with Gasteiger partial charge in [0.15, 0.2) is 16.7 Å². The number of nitrogens with one attached hydrogen (secondary N) is 1. The Morgan fingerprint density at radius 2 is 1.97 bits per heavy atom. The van der Waals surface area contributed by atoms with Crippen LogP contribution in [0.15, 0.2) is 45.6 Å². The summed E-state index contributed by atoms with van der Waals surface area (Å²) >= 11 is 1.43. The summed E-state index contributed by atoms with van der Waals surface area (Å²) < 4.78 is 16.3. The van der Waals surface area contributed by atoms with E-state index in [0.29, 0.717) is 40.9 Å². The minimum absolute atomic E-state index is 0.100. The first-order valence-corrected chi connectivity index (χ1v) is 10.9. The maximum Gasteiger partial charge on any atom is 0.338 e. The summed E-state index contributed by atoms with van der Waals surface area (Å²) in [4.78, 5) is 31.9. The molecule has 3 rings (SSSR count). The summed E-state index contributed by atoms with van der Waals surface area (Å²) in [6.07, 6.45) is 0.718. The monoisotopic (exact) mass is 445 g/mol. The van der Waals surface area contributed by atoms with Gasteiger partial charge in [0.05, 0.1) is 45.1 Å². The quantitative estimate of drug-likeness (QED) is 0.614. The minimum atomic E-state index is -0.573. The van der Waals surface area contributed by atoms with Gasteiger partial charge in [-0.3, -0.25) is 4.79 Å². The van der Waals surface area contributed by atoms with E-state index in [-0.39, 0.29) is 12.3 Å². The van der Waals surface area contributed by atoms with E-state index in [2.05, 4.69) is 5.32 Å². The number of esters is 1. The van der Waals surface area contributed by atoms with Gasteiger partial charge >= 0.3 is 5.97 Å². The van der Waals surface area contributed by atoms with Crippen LogP contribution >= 0.6 is 11.8 Å². The molecule has 1 N–H and O–H groups in total. The number of carbonyl (C=O) groups is 2. The zero-order valence-electron chi connectivity index (χ0n) is 18.4. The van der Waals surface area contributed by atoms with Gasteiger partial charge in [-0.05, 0) is 24.8 Å². The van der Waals surface area contributed by atoms with E-state index in [1.807, 2.05) is 36.3 Å². The number of allylic oxidation sites excluding steroid dienone is 1. The summed E-state index contributed by atoms with van der Waals surface area (Å²) in [6, 6.07) is 4.96. The molecule has 9 heteroatoms. The highest BCUT2D eigenvalue weighted by molar-refractivity contribution is 8.16. The average molecular weight is 446 g/mol. The van der Waals surface area contributed by atoms with Crippen molar-refractivity contribution in [1.82, 2.24) is 10.2 Å². The van der Waals surface area contributed by atoms with Crippen LogP contribution in [0.2, 0.25) is 0 Å². The lowest BCUT2D eigenvalue weighted by Gasteiger charge is -2.37. The van der Waals surface area contributed by atoms with E-state index < -0.39 is 12.0 Å². The largest absolute Gasteiger partial charge is 0.493 e. The van der Waals surface area contributed by atoms with Crippen molar-refractivity contribution in [1.29, 1.82) is 0 Å². The summed E-state index contributed by atoms with van der Waals surface area (Å²) in [7, 11) is 4.48. The topological polar surface area (TPSA) is 89.5 Å². The van der Waals surface area contributed by atoms with Crippen molar-refractivity contribution in [3.8, 4) is 11.5 Å². The second-order valence-electron chi connectivity index (χ2n) is 6.81. The number of methoxy groups -OCH3 is 3. The Labute approximate surface area is 186 Å². The number of aliphatic imine (C=N–C) groups is 1. The van der Waals surface area contributed by atoms with Crippen molar-refractivity contribution in [2.24, 2.45) is 4.99 Å². The van der Waals surface area contributed by atoms with Gasteiger partial charge in [0, 0.05) is 17.8 Å². The molecule has 0 unspecified atom stereocenters. The summed E-state index contributed by atoms with van der Waals surface area (Å²) in [5.41, 5.74) is 2.55. The standard InChI is InChI=1S/C22H27N3O5S/c1-6-15-18(21(27)30-5)19(14-9-8-10-16(28-3)20(14)29-4)25-13(11-17(26)23-7-2)12-31-22(25)24-15/h8-10,12,19H,6-7,11H2,1-5H3,(H,23,26)/t19-/m1/s1. The number of para-hydroxylation sites is 1. The highest BCUT2D eigenvalue weighted by Crippen LogP contribution is 2.49. The van der Waals surface area contributed by atoms with Gasteiger partial charge in [0.1, 0.15) is 0 Å². The van der Waals surface area contributed by atoms with Gasteiger partial charge in [-0.15, -0.1) is 0 Å². The Balaban J connectivity index is 2.20. The van der Waals surface area contributed by atoms with Crippen molar-refractivity contribution < 1.29 is 23.8 Å². The van der Waals surface area contributed by atoms with E-state index in [9.17, 15) is 9.59 Å². The van der Waals surface area contributed by atoms with Crippen LogP contribution < -0.4 is 14.8 Å². The molecular formula is C22H27N3O5S. The van der Waals surface area contributed by atoms with Crippen LogP contribution in [0.1, 0.15) is 38.3 Å². The fraction of sp³-hybridized carbons (Fsp3) is 0.409. The number of hydrogen-bond donors (Lipinski definition) is 1.